The number of amides is 1. The molecular formula is C34H35FN4O3. The Balaban J connectivity index is 1.34. The molecule has 1 unspecified atom stereocenters. The van der Waals surface area contributed by atoms with Crippen molar-refractivity contribution in [2.45, 2.75) is 39.2 Å². The molecule has 0 fully saturated rings. The lowest BCUT2D eigenvalue weighted by molar-refractivity contribution is -0.120. The summed E-state index contributed by atoms with van der Waals surface area (Å²) in [5, 5.41) is 7.45. The molecule has 0 saturated heterocycles. The van der Waals surface area contributed by atoms with Crippen LogP contribution in [0.3, 0.4) is 0 Å². The van der Waals surface area contributed by atoms with Crippen LogP contribution in [0.15, 0.2) is 84.2 Å². The van der Waals surface area contributed by atoms with Gasteiger partial charge in [-0.15, -0.1) is 0 Å². The van der Waals surface area contributed by atoms with Crippen molar-refractivity contribution in [3.05, 3.63) is 101 Å². The minimum atomic E-state index is -0.529. The molecule has 216 valence electrons. The molecule has 6 rings (SSSR count). The largest absolute Gasteiger partial charge is 0.496 e. The number of carbonyl (C=O) groups is 2. The number of rotatable bonds is 7. The number of H-pyrrole nitrogens is 1. The molecule has 8 heteroatoms. The Labute approximate surface area is 244 Å². The Morgan fingerprint density at radius 3 is 2.71 bits per heavy atom. The first-order valence-corrected chi connectivity index (χ1v) is 14.3. The number of ether oxygens (including phenoxy) is 1. The zero-order chi connectivity index (χ0) is 29.4. The van der Waals surface area contributed by atoms with Gasteiger partial charge in [-0.1, -0.05) is 44.2 Å². The van der Waals surface area contributed by atoms with Crippen LogP contribution >= 0.6 is 0 Å². The summed E-state index contributed by atoms with van der Waals surface area (Å²) in [6.45, 7) is 4.63. The van der Waals surface area contributed by atoms with Crippen molar-refractivity contribution in [3.8, 4) is 5.75 Å². The summed E-state index contributed by atoms with van der Waals surface area (Å²) in [6.07, 6.45) is 3.53. The van der Waals surface area contributed by atoms with Gasteiger partial charge < -0.3 is 25.3 Å². The van der Waals surface area contributed by atoms with E-state index in [4.69, 9.17) is 4.74 Å². The number of carbonyl (C=O) groups excluding carboxylic acids is 2. The highest BCUT2D eigenvalue weighted by Gasteiger charge is 2.42. The van der Waals surface area contributed by atoms with Crippen LogP contribution < -0.4 is 20.3 Å². The number of halogens is 1. The molecule has 7 nitrogen and oxygen atoms in total. The third-order valence-electron chi connectivity index (χ3n) is 8.20. The fourth-order valence-electron chi connectivity index (χ4n) is 6.35. The Morgan fingerprint density at radius 1 is 1.10 bits per heavy atom. The zero-order valence-electron chi connectivity index (χ0n) is 24.1. The molecular weight excluding hydrogens is 531 g/mol. The van der Waals surface area contributed by atoms with Gasteiger partial charge >= 0.3 is 0 Å². The van der Waals surface area contributed by atoms with Crippen LogP contribution in [0, 0.1) is 11.2 Å². The average molecular weight is 567 g/mol. The number of nitrogens with one attached hydrogen (secondary N) is 3. The van der Waals surface area contributed by atoms with Gasteiger partial charge in [-0.25, -0.2) is 4.39 Å². The maximum absolute atomic E-state index is 13.9. The van der Waals surface area contributed by atoms with Gasteiger partial charge in [0.15, 0.2) is 5.78 Å². The summed E-state index contributed by atoms with van der Waals surface area (Å²) < 4.78 is 19.6. The number of Topliss-reactive ketones (excluding diaryl/α,β-unsaturated/α-hetero) is 1. The third-order valence-corrected chi connectivity index (χ3v) is 8.20. The van der Waals surface area contributed by atoms with E-state index in [0.29, 0.717) is 37.1 Å². The highest BCUT2D eigenvalue weighted by atomic mass is 19.1. The predicted molar refractivity (Wildman–Crippen MR) is 163 cm³/mol. The van der Waals surface area contributed by atoms with Gasteiger partial charge in [0, 0.05) is 46.9 Å². The van der Waals surface area contributed by atoms with Crippen molar-refractivity contribution in [3.63, 3.8) is 0 Å². The topological polar surface area (TPSA) is 86.5 Å². The van der Waals surface area contributed by atoms with Gasteiger partial charge in [0.1, 0.15) is 11.6 Å². The van der Waals surface area contributed by atoms with E-state index in [2.05, 4.69) is 29.5 Å². The summed E-state index contributed by atoms with van der Waals surface area (Å²) >= 11 is 0. The van der Waals surface area contributed by atoms with Crippen molar-refractivity contribution in [2.24, 2.45) is 5.41 Å². The first-order valence-electron chi connectivity index (χ1n) is 14.3. The van der Waals surface area contributed by atoms with Gasteiger partial charge in [0.2, 0.25) is 5.91 Å². The molecule has 3 aromatic carbocycles. The fourth-order valence-corrected chi connectivity index (χ4v) is 6.35. The molecule has 2 heterocycles. The second-order valence-corrected chi connectivity index (χ2v) is 11.9. The molecule has 2 aliphatic rings. The van der Waals surface area contributed by atoms with Gasteiger partial charge in [-0.05, 0) is 60.2 Å². The van der Waals surface area contributed by atoms with E-state index in [1.165, 1.54) is 12.1 Å². The van der Waals surface area contributed by atoms with Gasteiger partial charge in [-0.2, -0.15) is 0 Å². The standard InChI is InChI=1S/C34H35FN4O3/c1-34(2)17-27-32(29(40)18-34)33(23-8-4-7-11-30(23)42-3)39(28-10-6-5-9-26(28)38-27)20-31(41)36-15-14-21-19-37-25-13-12-22(35)16-24(21)25/h4-13,16,19,33,37-38H,14-15,17-18,20H2,1-3H3,(H,36,41). The second kappa shape index (κ2) is 11.0. The van der Waals surface area contributed by atoms with Crippen molar-refractivity contribution in [1.82, 2.24) is 10.3 Å². The minimum absolute atomic E-state index is 0.0252. The first kappa shape index (κ1) is 27.6. The molecule has 0 spiro atoms. The average Bonchev–Trinajstić information content (AvgIpc) is 3.29. The first-order chi connectivity index (χ1) is 20.2. The minimum Gasteiger partial charge on any atom is -0.496 e. The maximum Gasteiger partial charge on any atom is 0.239 e. The summed E-state index contributed by atoms with van der Waals surface area (Å²) in [4.78, 5) is 32.7. The summed E-state index contributed by atoms with van der Waals surface area (Å²) in [5.41, 5.74) is 5.66. The molecule has 1 atom stereocenters. The number of hydrogen-bond donors (Lipinski definition) is 3. The van der Waals surface area contributed by atoms with Crippen LogP contribution in [0.1, 0.15) is 43.9 Å². The molecule has 42 heavy (non-hydrogen) atoms. The van der Waals surface area contributed by atoms with Gasteiger partial charge in [0.25, 0.3) is 0 Å². The molecule has 1 aliphatic heterocycles. The van der Waals surface area contributed by atoms with Crippen LogP contribution in [-0.4, -0.2) is 36.9 Å². The molecule has 1 aliphatic carbocycles. The highest BCUT2D eigenvalue weighted by Crippen LogP contribution is 2.49. The van der Waals surface area contributed by atoms with Gasteiger partial charge in [0.05, 0.1) is 31.1 Å². The predicted octanol–water partition coefficient (Wildman–Crippen LogP) is 6.29. The van der Waals surface area contributed by atoms with E-state index in [1.54, 1.807) is 13.2 Å². The number of hydrogen-bond acceptors (Lipinski definition) is 5. The molecule has 0 radical (unpaired) electrons. The number of fused-ring (bicyclic) bond motifs is 2. The molecule has 1 amide bonds. The Hall–Kier alpha value is -4.59. The van der Waals surface area contributed by atoms with E-state index >= 15 is 0 Å². The summed E-state index contributed by atoms with van der Waals surface area (Å²) in [5.74, 6) is 0.249. The normalized spacial score (nSPS) is 17.8. The fraction of sp³-hybridized carbons (Fsp3) is 0.294. The third kappa shape index (κ3) is 5.24. The van der Waals surface area contributed by atoms with Crippen molar-refractivity contribution in [2.75, 3.05) is 30.4 Å². The number of anilines is 2. The van der Waals surface area contributed by atoms with Crippen LogP contribution in [0.5, 0.6) is 5.75 Å². The number of para-hydroxylation sites is 3. The van der Waals surface area contributed by atoms with E-state index in [1.807, 2.05) is 59.6 Å². The highest BCUT2D eigenvalue weighted by molar-refractivity contribution is 6.02. The summed E-state index contributed by atoms with van der Waals surface area (Å²) in [7, 11) is 1.62. The van der Waals surface area contributed by atoms with Crippen LogP contribution in [0.2, 0.25) is 0 Å². The lowest BCUT2D eigenvalue weighted by Crippen LogP contribution is -2.42. The molecule has 1 aromatic heterocycles. The number of allylic oxidation sites excluding steroid dienone is 1. The van der Waals surface area contributed by atoms with Crippen molar-refractivity contribution < 1.29 is 18.7 Å². The smallest absolute Gasteiger partial charge is 0.239 e. The van der Waals surface area contributed by atoms with Crippen LogP contribution in [0.25, 0.3) is 10.9 Å². The SMILES string of the molecule is COc1ccccc1C1C2=C(CC(C)(C)CC2=O)Nc2ccccc2N1CC(=O)NCCc1c[nH]c2ccc(F)cc12. The summed E-state index contributed by atoms with van der Waals surface area (Å²) in [6, 6.07) is 19.7. The van der Waals surface area contributed by atoms with Crippen LogP contribution in [-0.2, 0) is 16.0 Å². The molecule has 3 N–H and O–H groups in total. The van der Waals surface area contributed by atoms with E-state index in [9.17, 15) is 14.0 Å². The maximum atomic E-state index is 13.9. The molecule has 0 bridgehead atoms. The Morgan fingerprint density at radius 2 is 1.88 bits per heavy atom. The Bertz CT molecular complexity index is 1710. The van der Waals surface area contributed by atoms with E-state index < -0.39 is 6.04 Å². The number of nitrogens with zero attached hydrogens (tertiary/aromatic N) is 1. The molecule has 4 aromatic rings. The number of aromatic amines is 1. The number of ketones is 1. The van der Waals surface area contributed by atoms with Crippen LogP contribution in [0.4, 0.5) is 15.8 Å². The zero-order valence-corrected chi connectivity index (χ0v) is 24.1. The number of aromatic nitrogens is 1. The monoisotopic (exact) mass is 566 g/mol. The van der Waals surface area contributed by atoms with E-state index in [-0.39, 0.29) is 29.5 Å². The quantitative estimate of drug-likeness (QED) is 0.245. The van der Waals surface area contributed by atoms with E-state index in [0.717, 1.165) is 39.1 Å². The number of methoxy groups -OCH3 is 1. The van der Waals surface area contributed by atoms with Crippen molar-refractivity contribution >= 4 is 34.0 Å². The lowest BCUT2D eigenvalue weighted by Gasteiger charge is -2.38. The lowest BCUT2D eigenvalue weighted by atomic mass is 9.73. The number of benzene rings is 3. The Kier molecular flexibility index (Phi) is 7.22. The molecule has 0 saturated carbocycles. The van der Waals surface area contributed by atoms with Gasteiger partial charge in [-0.3, -0.25) is 9.59 Å². The second-order valence-electron chi connectivity index (χ2n) is 11.9. The van der Waals surface area contributed by atoms with Crippen molar-refractivity contribution in [1.29, 1.82) is 0 Å².